The molecule has 2 rings (SSSR count). The van der Waals surface area contributed by atoms with Gasteiger partial charge in [-0.15, -0.1) is 5.60 Å². The molecule has 2 saturated heterocycles. The summed E-state index contributed by atoms with van der Waals surface area (Å²) in [5.74, 6) is 0. The van der Waals surface area contributed by atoms with Crippen LogP contribution >= 0.6 is 0 Å². The molecule has 0 N–H and O–H groups in total. The van der Waals surface area contributed by atoms with E-state index < -0.39 is 16.8 Å². The Bertz CT molecular complexity index is 311. The molecule has 0 spiro atoms. The van der Waals surface area contributed by atoms with Gasteiger partial charge < -0.3 is 28.6 Å². The largest absolute Gasteiger partial charge is 1.00 e. The first-order valence-electron chi connectivity index (χ1n) is 8.35. The zero-order chi connectivity index (χ0) is 19.6. The van der Waals surface area contributed by atoms with Crippen LogP contribution < -0.4 is 56.5 Å². The molecule has 2 aliphatic heterocycles. The number of hydrogen-bond acceptors (Lipinski definition) is 6. The van der Waals surface area contributed by atoms with Gasteiger partial charge in [-0.2, -0.15) is 0 Å². The van der Waals surface area contributed by atoms with Crippen LogP contribution in [0.2, 0.25) is 0 Å². The summed E-state index contributed by atoms with van der Waals surface area (Å²) >= 11 is -0.611. The van der Waals surface area contributed by atoms with Crippen molar-refractivity contribution in [3.63, 3.8) is 0 Å². The first-order valence-corrected chi connectivity index (χ1v) is 10.3. The predicted molar refractivity (Wildman–Crippen MR) is 101 cm³/mol. The molecule has 0 radical (unpaired) electrons. The fourth-order valence-corrected chi connectivity index (χ4v) is 0.872. The predicted octanol–water partition coefficient (Wildman–Crippen LogP) is -0.636. The van der Waals surface area contributed by atoms with Gasteiger partial charge in [0.1, 0.15) is 0 Å². The second-order valence-electron chi connectivity index (χ2n) is 6.22. The SMILES string of the molecule is C1COC1.CC(C)(C)[O-].CC=COC=CCOC1CCO1.C[S+](C)[O-].[K+]. The smallest absolute Gasteiger partial charge is 0.850 e. The summed E-state index contributed by atoms with van der Waals surface area (Å²) in [5.41, 5.74) is -0.750. The third-order valence-corrected chi connectivity index (χ3v) is 2.00. The van der Waals surface area contributed by atoms with Crippen LogP contribution in [0.15, 0.2) is 24.7 Å². The van der Waals surface area contributed by atoms with E-state index in [1.54, 1.807) is 45.8 Å². The molecule has 1 atom stereocenters. The minimum Gasteiger partial charge on any atom is -0.850 e. The van der Waals surface area contributed by atoms with E-state index in [1.807, 2.05) is 19.1 Å². The molecular weight excluding hydrogens is 383 g/mol. The molecule has 0 amide bonds. The topological polar surface area (TPSA) is 83.0 Å². The van der Waals surface area contributed by atoms with Crippen LogP contribution in [0.4, 0.5) is 0 Å². The molecule has 0 aromatic rings. The fraction of sp³-hybridized carbons (Fsp3) is 0.778. The van der Waals surface area contributed by atoms with Gasteiger partial charge in [0, 0.05) is 19.6 Å². The molecular formula is C18H35KO6S. The molecule has 0 bridgehead atoms. The quantitative estimate of drug-likeness (QED) is 0.336. The fourth-order valence-electron chi connectivity index (χ4n) is 0.872. The van der Waals surface area contributed by atoms with Crippen LogP contribution in [0.3, 0.4) is 0 Å². The van der Waals surface area contributed by atoms with Gasteiger partial charge in [0.05, 0.1) is 38.2 Å². The zero-order valence-corrected chi connectivity index (χ0v) is 21.4. The van der Waals surface area contributed by atoms with E-state index in [4.69, 9.17) is 18.9 Å². The maximum absolute atomic E-state index is 10.1. The third-order valence-electron chi connectivity index (χ3n) is 2.00. The van der Waals surface area contributed by atoms with Gasteiger partial charge in [0.25, 0.3) is 0 Å². The average Bonchev–Trinajstić information content (AvgIpc) is 2.30. The Balaban J connectivity index is -0.000000314. The normalized spacial score (nSPS) is 18.1. The van der Waals surface area contributed by atoms with Crippen LogP contribution in [0, 0.1) is 0 Å². The van der Waals surface area contributed by atoms with Gasteiger partial charge in [-0.1, -0.05) is 38.0 Å². The van der Waals surface area contributed by atoms with Crippen molar-refractivity contribution in [2.75, 3.05) is 38.9 Å². The van der Waals surface area contributed by atoms with Crippen molar-refractivity contribution in [1.82, 2.24) is 0 Å². The van der Waals surface area contributed by atoms with Crippen molar-refractivity contribution in [2.45, 2.75) is 52.4 Å². The van der Waals surface area contributed by atoms with Crippen molar-refractivity contribution in [1.29, 1.82) is 0 Å². The monoisotopic (exact) mass is 418 g/mol. The van der Waals surface area contributed by atoms with Crippen molar-refractivity contribution >= 4 is 11.2 Å². The molecule has 150 valence electrons. The van der Waals surface area contributed by atoms with Gasteiger partial charge >= 0.3 is 51.4 Å². The van der Waals surface area contributed by atoms with Gasteiger partial charge in [0.15, 0.2) is 6.29 Å². The van der Waals surface area contributed by atoms with Crippen LogP contribution in [-0.4, -0.2) is 55.4 Å². The Kier molecular flexibility index (Phi) is 27.3. The van der Waals surface area contributed by atoms with Crippen molar-refractivity contribution < 1.29 is 80.0 Å². The molecule has 1 unspecified atom stereocenters. The van der Waals surface area contributed by atoms with E-state index in [0.717, 1.165) is 26.2 Å². The maximum Gasteiger partial charge on any atom is 1.00 e. The molecule has 0 aliphatic carbocycles. The minimum atomic E-state index is -0.750. The summed E-state index contributed by atoms with van der Waals surface area (Å²) in [6.07, 6.45) is 12.4. The van der Waals surface area contributed by atoms with E-state index >= 15 is 0 Å². The Hall–Kier alpha value is 1.07. The maximum atomic E-state index is 10.1. The number of ether oxygens (including phenoxy) is 4. The van der Waals surface area contributed by atoms with Gasteiger partial charge in [-0.05, 0) is 19.4 Å². The molecule has 26 heavy (non-hydrogen) atoms. The summed E-state index contributed by atoms with van der Waals surface area (Å²) in [7, 11) is 0. The zero-order valence-electron chi connectivity index (χ0n) is 17.5. The van der Waals surface area contributed by atoms with Gasteiger partial charge in [-0.25, -0.2) is 0 Å². The molecule has 6 nitrogen and oxygen atoms in total. The van der Waals surface area contributed by atoms with Crippen LogP contribution in [-0.2, 0) is 30.1 Å². The molecule has 2 fully saturated rings. The van der Waals surface area contributed by atoms with E-state index in [-0.39, 0.29) is 57.7 Å². The van der Waals surface area contributed by atoms with Crippen molar-refractivity contribution in [3.8, 4) is 0 Å². The second kappa shape index (κ2) is 22.4. The van der Waals surface area contributed by atoms with Crippen LogP contribution in [0.5, 0.6) is 0 Å². The summed E-state index contributed by atoms with van der Waals surface area (Å²) in [6.45, 7) is 10.2. The Labute approximate surface area is 205 Å². The second-order valence-corrected chi connectivity index (χ2v) is 7.70. The van der Waals surface area contributed by atoms with Crippen molar-refractivity contribution in [3.05, 3.63) is 24.7 Å². The minimum absolute atomic E-state index is 0. The van der Waals surface area contributed by atoms with Gasteiger partial charge in [-0.3, -0.25) is 0 Å². The Morgan fingerprint density at radius 1 is 1.15 bits per heavy atom. The number of hydrogen-bond donors (Lipinski definition) is 0. The average molecular weight is 419 g/mol. The van der Waals surface area contributed by atoms with Crippen LogP contribution in [0.25, 0.3) is 0 Å². The van der Waals surface area contributed by atoms with E-state index in [0.29, 0.717) is 6.61 Å². The first-order chi connectivity index (χ1) is 11.7. The third kappa shape index (κ3) is 39.9. The Morgan fingerprint density at radius 3 is 1.85 bits per heavy atom. The van der Waals surface area contributed by atoms with E-state index in [1.165, 1.54) is 6.42 Å². The molecule has 8 heteroatoms. The van der Waals surface area contributed by atoms with Gasteiger partial charge in [0.2, 0.25) is 0 Å². The molecule has 0 saturated carbocycles. The summed E-state index contributed by atoms with van der Waals surface area (Å²) in [5, 5.41) is 10.1. The van der Waals surface area contributed by atoms with E-state index in [9.17, 15) is 9.66 Å². The van der Waals surface area contributed by atoms with Crippen LogP contribution in [0.1, 0.15) is 40.5 Å². The molecule has 2 aliphatic rings. The summed E-state index contributed by atoms with van der Waals surface area (Å²) < 4.78 is 29.5. The number of allylic oxidation sites excluding steroid dienone is 1. The summed E-state index contributed by atoms with van der Waals surface area (Å²) in [6, 6.07) is 0. The van der Waals surface area contributed by atoms with E-state index in [2.05, 4.69) is 0 Å². The standard InChI is InChI=1S/C9H14O3.C4H9O.C3H6O.C2H6OS.K/c1-2-5-10-6-3-7-11-9-4-8-12-9;1-4(2,3)5;1-2-4-3-1;1-4(2)3;/h2-3,5-6,9H,4,7-8H2,1H3;1-3H3;1-3H2;1-2H3;/q;-1;;;+1. The first kappa shape index (κ1) is 31.8. The molecule has 0 aromatic carbocycles. The summed E-state index contributed by atoms with van der Waals surface area (Å²) in [4.78, 5) is 0. The number of rotatable bonds is 5. The van der Waals surface area contributed by atoms with Crippen molar-refractivity contribution in [2.24, 2.45) is 0 Å². The molecule has 2 heterocycles. The molecule has 0 aromatic heterocycles. The Morgan fingerprint density at radius 2 is 1.58 bits per heavy atom.